The minimum absolute atomic E-state index is 0.142. The number of benzene rings is 2. The van der Waals surface area contributed by atoms with Crippen LogP contribution in [0.3, 0.4) is 0 Å². The lowest BCUT2D eigenvalue weighted by molar-refractivity contribution is 0.403. The highest BCUT2D eigenvalue weighted by Gasteiger charge is 2.22. The molecule has 0 bridgehead atoms. The Kier molecular flexibility index (Phi) is 5.38. The van der Waals surface area contributed by atoms with Gasteiger partial charge < -0.3 is 9.47 Å². The van der Waals surface area contributed by atoms with E-state index in [1.165, 1.54) is 18.5 Å². The zero-order valence-corrected chi connectivity index (χ0v) is 14.7. The summed E-state index contributed by atoms with van der Waals surface area (Å²) in [6.07, 6.45) is 1.15. The van der Waals surface area contributed by atoms with E-state index < -0.39 is 10.0 Å². The lowest BCUT2D eigenvalue weighted by Gasteiger charge is -2.25. The molecular weight excluding hydrogens is 338 g/mol. The number of nitrogens with zero attached hydrogens (tertiary/aromatic N) is 1. The fourth-order valence-electron chi connectivity index (χ4n) is 2.17. The average Bonchev–Trinajstić information content (AvgIpc) is 2.51. The van der Waals surface area contributed by atoms with Crippen LogP contribution in [0.5, 0.6) is 11.5 Å². The maximum absolute atomic E-state index is 12.3. The number of hydrogen-bond acceptors (Lipinski definition) is 4. The van der Waals surface area contributed by atoms with Gasteiger partial charge in [-0.3, -0.25) is 4.31 Å². The third kappa shape index (κ3) is 4.30. The third-order valence-electron chi connectivity index (χ3n) is 3.27. The molecular formula is C16H18ClNO4S. The first-order chi connectivity index (χ1) is 10.8. The number of hydrogen-bond donors (Lipinski definition) is 0. The van der Waals surface area contributed by atoms with Crippen LogP contribution in [0.1, 0.15) is 5.56 Å². The van der Waals surface area contributed by atoms with E-state index >= 15 is 0 Å². The highest BCUT2D eigenvalue weighted by Crippen LogP contribution is 2.34. The van der Waals surface area contributed by atoms with Crippen molar-refractivity contribution in [1.29, 1.82) is 0 Å². The van der Waals surface area contributed by atoms with Crippen molar-refractivity contribution in [2.45, 2.75) is 6.54 Å². The molecule has 0 unspecified atom stereocenters. The first kappa shape index (κ1) is 17.4. The summed E-state index contributed by atoms with van der Waals surface area (Å²) >= 11 is 5.98. The number of rotatable bonds is 6. The van der Waals surface area contributed by atoms with Crippen molar-refractivity contribution in [3.63, 3.8) is 0 Å². The summed E-state index contributed by atoms with van der Waals surface area (Å²) in [7, 11) is -0.519. The molecule has 0 heterocycles. The molecule has 124 valence electrons. The van der Waals surface area contributed by atoms with E-state index in [0.29, 0.717) is 22.2 Å². The van der Waals surface area contributed by atoms with Gasteiger partial charge in [0.15, 0.2) is 0 Å². The highest BCUT2D eigenvalue weighted by molar-refractivity contribution is 7.92. The number of sulfonamides is 1. The molecule has 5 nitrogen and oxygen atoms in total. The first-order valence-corrected chi connectivity index (χ1v) is 9.02. The molecule has 7 heteroatoms. The summed E-state index contributed by atoms with van der Waals surface area (Å²) in [6.45, 7) is 0.142. The molecule has 0 aromatic heterocycles. The van der Waals surface area contributed by atoms with Gasteiger partial charge in [-0.05, 0) is 29.8 Å². The Morgan fingerprint density at radius 2 is 1.83 bits per heavy atom. The van der Waals surface area contributed by atoms with Gasteiger partial charge in [-0.2, -0.15) is 0 Å². The molecule has 2 aromatic rings. The van der Waals surface area contributed by atoms with E-state index in [1.807, 2.05) is 6.07 Å². The Labute approximate surface area is 141 Å². The van der Waals surface area contributed by atoms with Gasteiger partial charge in [0.25, 0.3) is 0 Å². The molecule has 0 spiro atoms. The Hall–Kier alpha value is -1.92. The Bertz CT molecular complexity index is 792. The monoisotopic (exact) mass is 355 g/mol. The minimum atomic E-state index is -3.53. The fourth-order valence-corrected chi connectivity index (χ4v) is 3.27. The van der Waals surface area contributed by atoms with Crippen LogP contribution in [0, 0.1) is 0 Å². The second-order valence-corrected chi connectivity index (χ2v) is 7.28. The van der Waals surface area contributed by atoms with E-state index in [4.69, 9.17) is 21.1 Å². The third-order valence-corrected chi connectivity index (χ3v) is 4.63. The second kappa shape index (κ2) is 7.10. The molecule has 0 fully saturated rings. The van der Waals surface area contributed by atoms with Gasteiger partial charge >= 0.3 is 0 Å². The molecule has 0 aliphatic carbocycles. The van der Waals surface area contributed by atoms with E-state index in [0.717, 1.165) is 11.8 Å². The predicted octanol–water partition coefficient (Wildman–Crippen LogP) is 3.32. The molecule has 0 saturated carbocycles. The Morgan fingerprint density at radius 3 is 2.39 bits per heavy atom. The SMILES string of the molecule is COc1ccc(OC)c(N(Cc2cccc(Cl)c2)S(C)(=O)=O)c1. The minimum Gasteiger partial charge on any atom is -0.497 e. The molecule has 2 aromatic carbocycles. The highest BCUT2D eigenvalue weighted by atomic mass is 35.5. The predicted molar refractivity (Wildman–Crippen MR) is 92.0 cm³/mol. The molecule has 2 rings (SSSR count). The normalized spacial score (nSPS) is 11.1. The van der Waals surface area contributed by atoms with Gasteiger partial charge in [-0.25, -0.2) is 8.42 Å². The van der Waals surface area contributed by atoms with Crippen LogP contribution >= 0.6 is 11.6 Å². The summed E-state index contributed by atoms with van der Waals surface area (Å²) in [5, 5.41) is 0.550. The first-order valence-electron chi connectivity index (χ1n) is 6.79. The van der Waals surface area contributed by atoms with Crippen molar-refractivity contribution in [2.75, 3.05) is 24.8 Å². The molecule has 0 saturated heterocycles. The van der Waals surface area contributed by atoms with E-state index in [-0.39, 0.29) is 6.54 Å². The van der Waals surface area contributed by atoms with Crippen molar-refractivity contribution >= 4 is 27.3 Å². The Balaban J connectivity index is 2.52. The average molecular weight is 356 g/mol. The second-order valence-electron chi connectivity index (χ2n) is 4.94. The maximum atomic E-state index is 12.3. The Morgan fingerprint density at radius 1 is 1.09 bits per heavy atom. The van der Waals surface area contributed by atoms with E-state index in [2.05, 4.69) is 0 Å². The summed E-state index contributed by atoms with van der Waals surface area (Å²) in [5.41, 5.74) is 1.18. The lowest BCUT2D eigenvalue weighted by Crippen LogP contribution is -2.29. The number of anilines is 1. The van der Waals surface area contributed by atoms with Crippen LogP contribution in [0.15, 0.2) is 42.5 Å². The quantitative estimate of drug-likeness (QED) is 0.797. The van der Waals surface area contributed by atoms with Gasteiger partial charge in [0.05, 0.1) is 32.7 Å². The summed E-state index contributed by atoms with van der Waals surface area (Å²) in [4.78, 5) is 0. The maximum Gasteiger partial charge on any atom is 0.232 e. The van der Waals surface area contributed by atoms with Crippen LogP contribution in [0.4, 0.5) is 5.69 Å². The van der Waals surface area contributed by atoms with Crippen molar-refractivity contribution in [1.82, 2.24) is 0 Å². The van der Waals surface area contributed by atoms with Gasteiger partial charge in [-0.1, -0.05) is 23.7 Å². The fraction of sp³-hybridized carbons (Fsp3) is 0.250. The molecule has 0 amide bonds. The number of ether oxygens (including phenoxy) is 2. The van der Waals surface area contributed by atoms with E-state index in [9.17, 15) is 8.42 Å². The van der Waals surface area contributed by atoms with Crippen molar-refractivity contribution < 1.29 is 17.9 Å². The lowest BCUT2D eigenvalue weighted by atomic mass is 10.2. The van der Waals surface area contributed by atoms with Gasteiger partial charge in [0, 0.05) is 11.1 Å². The number of methoxy groups -OCH3 is 2. The standard InChI is InChI=1S/C16H18ClNO4S/c1-21-14-7-8-16(22-2)15(10-14)18(23(3,19)20)11-12-5-4-6-13(17)9-12/h4-10H,11H2,1-3H3. The molecule has 0 aliphatic rings. The van der Waals surface area contributed by atoms with Crippen LogP contribution in [-0.2, 0) is 16.6 Å². The van der Waals surface area contributed by atoms with Crippen molar-refractivity contribution in [2.24, 2.45) is 0 Å². The smallest absolute Gasteiger partial charge is 0.232 e. The zero-order valence-electron chi connectivity index (χ0n) is 13.1. The molecule has 0 aliphatic heterocycles. The topological polar surface area (TPSA) is 55.8 Å². The van der Waals surface area contributed by atoms with Crippen LogP contribution in [-0.4, -0.2) is 28.9 Å². The molecule has 0 radical (unpaired) electrons. The van der Waals surface area contributed by atoms with Gasteiger partial charge in [0.1, 0.15) is 11.5 Å². The number of halogens is 1. The van der Waals surface area contributed by atoms with Crippen LogP contribution < -0.4 is 13.8 Å². The largest absolute Gasteiger partial charge is 0.497 e. The summed E-state index contributed by atoms with van der Waals surface area (Å²) < 4.78 is 36.3. The zero-order chi connectivity index (χ0) is 17.0. The van der Waals surface area contributed by atoms with Crippen LogP contribution in [0.2, 0.25) is 5.02 Å². The summed E-state index contributed by atoms with van der Waals surface area (Å²) in [5.74, 6) is 0.985. The van der Waals surface area contributed by atoms with Crippen LogP contribution in [0.25, 0.3) is 0 Å². The molecule has 0 N–H and O–H groups in total. The summed E-state index contributed by atoms with van der Waals surface area (Å²) in [6, 6.07) is 12.1. The molecule has 23 heavy (non-hydrogen) atoms. The van der Waals surface area contributed by atoms with Crippen molar-refractivity contribution in [3.8, 4) is 11.5 Å². The van der Waals surface area contributed by atoms with Gasteiger partial charge in [0.2, 0.25) is 10.0 Å². The van der Waals surface area contributed by atoms with Crippen molar-refractivity contribution in [3.05, 3.63) is 53.1 Å². The molecule has 0 atom stereocenters. The van der Waals surface area contributed by atoms with Gasteiger partial charge in [-0.15, -0.1) is 0 Å². The van der Waals surface area contributed by atoms with E-state index in [1.54, 1.807) is 36.4 Å².